The predicted molar refractivity (Wildman–Crippen MR) is 95.9 cm³/mol. The molecule has 124 valence electrons. The van der Waals surface area contributed by atoms with Crippen molar-refractivity contribution >= 4 is 28.3 Å². The zero-order valence-electron chi connectivity index (χ0n) is 13.9. The molecule has 2 aromatic heterocycles. The van der Waals surface area contributed by atoms with Crippen LogP contribution in [0.15, 0.2) is 22.6 Å². The number of rotatable bonds is 4. The lowest BCUT2D eigenvalue weighted by Gasteiger charge is -2.20. The van der Waals surface area contributed by atoms with Crippen molar-refractivity contribution in [2.24, 2.45) is 5.92 Å². The van der Waals surface area contributed by atoms with E-state index >= 15 is 0 Å². The average molecular weight is 340 g/mol. The van der Waals surface area contributed by atoms with E-state index in [0.717, 1.165) is 37.0 Å². The monoisotopic (exact) mass is 340 g/mol. The van der Waals surface area contributed by atoms with Crippen LogP contribution in [0.3, 0.4) is 0 Å². The Morgan fingerprint density at radius 2 is 2.38 bits per heavy atom. The van der Waals surface area contributed by atoms with Crippen LogP contribution < -0.4 is 5.32 Å². The number of nitriles is 1. The lowest BCUT2D eigenvalue weighted by Crippen LogP contribution is -2.12. The topological polar surface area (TPSA) is 66.0 Å². The SMILES string of the molecule is CC[C@H]1CCc2c(sc(NC(=O)/C=C/c3ccc(C)o3)c2C#N)C1. The molecule has 0 spiro atoms. The number of nitrogens with zero attached hydrogens (tertiary/aromatic N) is 1. The Kier molecular flexibility index (Phi) is 4.86. The molecule has 24 heavy (non-hydrogen) atoms. The molecule has 1 N–H and O–H groups in total. The predicted octanol–water partition coefficient (Wildman–Crippen LogP) is 4.69. The van der Waals surface area contributed by atoms with Crippen molar-refractivity contribution < 1.29 is 9.21 Å². The lowest BCUT2D eigenvalue weighted by atomic mass is 9.86. The summed E-state index contributed by atoms with van der Waals surface area (Å²) in [6.07, 6.45) is 7.31. The summed E-state index contributed by atoms with van der Waals surface area (Å²) in [5, 5.41) is 13.0. The summed E-state index contributed by atoms with van der Waals surface area (Å²) < 4.78 is 5.40. The summed E-state index contributed by atoms with van der Waals surface area (Å²) in [7, 11) is 0. The fraction of sp³-hybridized carbons (Fsp3) is 0.368. The summed E-state index contributed by atoms with van der Waals surface area (Å²) in [5.41, 5.74) is 1.77. The van der Waals surface area contributed by atoms with E-state index in [-0.39, 0.29) is 5.91 Å². The first-order valence-electron chi connectivity index (χ1n) is 8.20. The van der Waals surface area contributed by atoms with Crippen LogP contribution in [0.5, 0.6) is 0 Å². The van der Waals surface area contributed by atoms with Gasteiger partial charge in [0, 0.05) is 11.0 Å². The summed E-state index contributed by atoms with van der Waals surface area (Å²) in [5.74, 6) is 1.89. The van der Waals surface area contributed by atoms with Gasteiger partial charge in [0.05, 0.1) is 5.56 Å². The van der Waals surface area contributed by atoms with Gasteiger partial charge in [0.2, 0.25) is 5.91 Å². The molecule has 4 nitrogen and oxygen atoms in total. The van der Waals surface area contributed by atoms with Crippen LogP contribution in [0.2, 0.25) is 0 Å². The Morgan fingerprint density at radius 3 is 3.04 bits per heavy atom. The fourth-order valence-electron chi connectivity index (χ4n) is 3.06. The number of anilines is 1. The molecule has 0 bridgehead atoms. The second-order valence-corrected chi connectivity index (χ2v) is 7.21. The van der Waals surface area contributed by atoms with Crippen molar-refractivity contribution in [2.45, 2.75) is 39.5 Å². The highest BCUT2D eigenvalue weighted by atomic mass is 32.1. The first-order chi connectivity index (χ1) is 11.6. The number of aryl methyl sites for hydroxylation is 1. The molecular weight excluding hydrogens is 320 g/mol. The van der Waals surface area contributed by atoms with E-state index in [2.05, 4.69) is 18.3 Å². The molecule has 1 atom stereocenters. The van der Waals surface area contributed by atoms with Gasteiger partial charge in [-0.3, -0.25) is 4.79 Å². The average Bonchev–Trinajstić information content (AvgIpc) is 3.14. The number of fused-ring (bicyclic) bond motifs is 1. The van der Waals surface area contributed by atoms with Crippen LogP contribution in [0.25, 0.3) is 6.08 Å². The molecule has 0 aromatic carbocycles. The number of thiophene rings is 1. The molecule has 3 rings (SSSR count). The second kappa shape index (κ2) is 7.06. The first kappa shape index (κ1) is 16.5. The van der Waals surface area contributed by atoms with Crippen LogP contribution in [0, 0.1) is 24.2 Å². The van der Waals surface area contributed by atoms with Crippen LogP contribution in [-0.4, -0.2) is 5.91 Å². The van der Waals surface area contributed by atoms with Gasteiger partial charge in [-0.15, -0.1) is 11.3 Å². The molecular formula is C19H20N2O2S. The molecule has 1 aliphatic rings. The maximum atomic E-state index is 12.2. The smallest absolute Gasteiger partial charge is 0.249 e. The van der Waals surface area contributed by atoms with E-state index in [1.165, 1.54) is 11.0 Å². The van der Waals surface area contributed by atoms with Gasteiger partial charge in [0.1, 0.15) is 22.6 Å². The molecule has 1 aliphatic carbocycles. The van der Waals surface area contributed by atoms with Gasteiger partial charge < -0.3 is 9.73 Å². The molecule has 0 unspecified atom stereocenters. The summed E-state index contributed by atoms with van der Waals surface area (Å²) >= 11 is 1.55. The molecule has 0 saturated heterocycles. The highest BCUT2D eigenvalue weighted by Gasteiger charge is 2.25. The lowest BCUT2D eigenvalue weighted by molar-refractivity contribution is -0.111. The summed E-state index contributed by atoms with van der Waals surface area (Å²) in [6.45, 7) is 4.06. The van der Waals surface area contributed by atoms with Crippen molar-refractivity contribution in [1.82, 2.24) is 0 Å². The van der Waals surface area contributed by atoms with Gasteiger partial charge >= 0.3 is 0 Å². The van der Waals surface area contributed by atoms with Crippen molar-refractivity contribution in [1.29, 1.82) is 5.26 Å². The Hall–Kier alpha value is -2.32. The Morgan fingerprint density at radius 1 is 1.54 bits per heavy atom. The second-order valence-electron chi connectivity index (χ2n) is 6.11. The van der Waals surface area contributed by atoms with Crippen LogP contribution in [0.4, 0.5) is 5.00 Å². The standard InChI is InChI=1S/C19H20N2O2S/c1-3-13-5-8-15-16(11-20)19(24-17(15)10-13)21-18(22)9-7-14-6-4-12(2)23-14/h4,6-7,9,13H,3,5,8,10H2,1-2H3,(H,21,22)/b9-7+/t13-/m0/s1. The summed E-state index contributed by atoms with van der Waals surface area (Å²) in [4.78, 5) is 13.4. The maximum Gasteiger partial charge on any atom is 0.249 e. The minimum absolute atomic E-state index is 0.244. The molecule has 0 saturated carbocycles. The van der Waals surface area contributed by atoms with Crippen LogP contribution >= 0.6 is 11.3 Å². The Bertz CT molecular complexity index is 823. The number of furan rings is 1. The largest absolute Gasteiger partial charge is 0.462 e. The van der Waals surface area contributed by atoms with Crippen molar-refractivity contribution in [3.05, 3.63) is 45.7 Å². The number of hydrogen-bond donors (Lipinski definition) is 1. The number of nitrogens with one attached hydrogen (secondary N) is 1. The fourth-order valence-corrected chi connectivity index (χ4v) is 4.38. The van der Waals surface area contributed by atoms with E-state index in [4.69, 9.17) is 4.42 Å². The van der Waals surface area contributed by atoms with Crippen molar-refractivity contribution in [2.75, 3.05) is 5.32 Å². The normalized spacial score (nSPS) is 16.8. The van der Waals surface area contributed by atoms with Crippen LogP contribution in [-0.2, 0) is 17.6 Å². The third-order valence-corrected chi connectivity index (χ3v) is 5.62. The van der Waals surface area contributed by atoms with E-state index in [1.54, 1.807) is 17.4 Å². The van der Waals surface area contributed by atoms with Gasteiger partial charge in [-0.1, -0.05) is 13.3 Å². The van der Waals surface area contributed by atoms with Crippen molar-refractivity contribution in [3.8, 4) is 6.07 Å². The highest BCUT2D eigenvalue weighted by Crippen LogP contribution is 2.39. The first-order valence-corrected chi connectivity index (χ1v) is 9.02. The van der Waals surface area contributed by atoms with Gasteiger partial charge in [-0.25, -0.2) is 0 Å². The summed E-state index contributed by atoms with van der Waals surface area (Å²) in [6, 6.07) is 5.94. The van der Waals surface area contributed by atoms with Gasteiger partial charge in [0.15, 0.2) is 0 Å². The number of amides is 1. The molecule has 2 heterocycles. The minimum atomic E-state index is -0.244. The zero-order valence-corrected chi connectivity index (χ0v) is 14.7. The molecule has 2 aromatic rings. The van der Waals surface area contributed by atoms with Gasteiger partial charge in [-0.2, -0.15) is 5.26 Å². The zero-order chi connectivity index (χ0) is 17.1. The number of carbonyl (C=O) groups is 1. The Balaban J connectivity index is 1.75. The number of carbonyl (C=O) groups excluding carboxylic acids is 1. The molecule has 1 amide bonds. The third-order valence-electron chi connectivity index (χ3n) is 4.45. The van der Waals surface area contributed by atoms with E-state index in [1.807, 2.05) is 19.1 Å². The van der Waals surface area contributed by atoms with E-state index < -0.39 is 0 Å². The molecule has 0 radical (unpaired) electrons. The minimum Gasteiger partial charge on any atom is -0.462 e. The third kappa shape index (κ3) is 3.44. The quantitative estimate of drug-likeness (QED) is 0.821. The van der Waals surface area contributed by atoms with E-state index in [9.17, 15) is 10.1 Å². The molecule has 0 fully saturated rings. The highest BCUT2D eigenvalue weighted by molar-refractivity contribution is 7.16. The van der Waals surface area contributed by atoms with Gasteiger partial charge in [-0.05, 0) is 55.9 Å². The maximum absolute atomic E-state index is 12.2. The van der Waals surface area contributed by atoms with E-state index in [0.29, 0.717) is 22.2 Å². The molecule has 0 aliphatic heterocycles. The molecule has 5 heteroatoms. The van der Waals surface area contributed by atoms with Gasteiger partial charge in [0.25, 0.3) is 0 Å². The Labute approximate surface area is 145 Å². The van der Waals surface area contributed by atoms with Crippen molar-refractivity contribution in [3.63, 3.8) is 0 Å². The number of hydrogen-bond acceptors (Lipinski definition) is 4. The van der Waals surface area contributed by atoms with Crippen LogP contribution in [0.1, 0.15) is 47.3 Å².